The van der Waals surface area contributed by atoms with Crippen LogP contribution in [-0.4, -0.2) is 30.7 Å². The van der Waals surface area contributed by atoms with Gasteiger partial charge in [-0.1, -0.05) is 12.1 Å². The first kappa shape index (κ1) is 13.2. The third-order valence-corrected chi connectivity index (χ3v) is 3.73. The van der Waals surface area contributed by atoms with Crippen molar-refractivity contribution in [2.75, 3.05) is 6.26 Å². The van der Waals surface area contributed by atoms with E-state index in [0.29, 0.717) is 11.1 Å². The smallest absolute Gasteiger partial charge is 0.337 e. The SMILES string of the molecule is CS(=O)(=O)c1ccc(-c2cncc(C(=O)O)c2)cc1. The van der Waals surface area contributed by atoms with E-state index in [2.05, 4.69) is 4.98 Å². The molecule has 0 aliphatic carbocycles. The van der Waals surface area contributed by atoms with Gasteiger partial charge in [0.15, 0.2) is 9.84 Å². The molecule has 0 aliphatic heterocycles. The molecule has 0 unspecified atom stereocenters. The van der Waals surface area contributed by atoms with Crippen LogP contribution in [0.4, 0.5) is 0 Å². The normalized spacial score (nSPS) is 11.2. The van der Waals surface area contributed by atoms with Gasteiger partial charge in [0.05, 0.1) is 10.5 Å². The molecule has 0 saturated carbocycles. The average molecular weight is 277 g/mol. The minimum atomic E-state index is -3.23. The molecule has 0 radical (unpaired) electrons. The molecule has 5 nitrogen and oxygen atoms in total. The number of benzene rings is 1. The molecule has 1 heterocycles. The molecule has 2 rings (SSSR count). The maximum atomic E-state index is 11.3. The maximum absolute atomic E-state index is 11.3. The van der Waals surface area contributed by atoms with E-state index in [1.807, 2.05) is 0 Å². The molecule has 2 aromatic rings. The largest absolute Gasteiger partial charge is 0.478 e. The van der Waals surface area contributed by atoms with Crippen LogP contribution in [0.2, 0.25) is 0 Å². The number of carbonyl (C=O) groups is 1. The number of sulfone groups is 1. The number of pyridine rings is 1. The van der Waals surface area contributed by atoms with Gasteiger partial charge in [-0.15, -0.1) is 0 Å². The molecule has 0 amide bonds. The fraction of sp³-hybridized carbons (Fsp3) is 0.0769. The monoisotopic (exact) mass is 277 g/mol. The molecule has 19 heavy (non-hydrogen) atoms. The highest BCUT2D eigenvalue weighted by Gasteiger charge is 2.08. The van der Waals surface area contributed by atoms with Crippen molar-refractivity contribution in [3.05, 3.63) is 48.3 Å². The number of rotatable bonds is 3. The Morgan fingerprint density at radius 2 is 1.74 bits per heavy atom. The van der Waals surface area contributed by atoms with E-state index < -0.39 is 15.8 Å². The van der Waals surface area contributed by atoms with E-state index in [-0.39, 0.29) is 10.5 Å². The highest BCUT2D eigenvalue weighted by Crippen LogP contribution is 2.21. The van der Waals surface area contributed by atoms with E-state index in [1.54, 1.807) is 12.1 Å². The Morgan fingerprint density at radius 3 is 2.26 bits per heavy atom. The van der Waals surface area contributed by atoms with Gasteiger partial charge in [-0.05, 0) is 23.8 Å². The molecule has 1 aromatic carbocycles. The van der Waals surface area contributed by atoms with Crippen molar-refractivity contribution in [2.45, 2.75) is 4.90 Å². The van der Waals surface area contributed by atoms with Crippen molar-refractivity contribution in [1.29, 1.82) is 0 Å². The van der Waals surface area contributed by atoms with Crippen molar-refractivity contribution in [2.24, 2.45) is 0 Å². The zero-order valence-electron chi connectivity index (χ0n) is 10.1. The van der Waals surface area contributed by atoms with E-state index in [9.17, 15) is 13.2 Å². The molecule has 0 spiro atoms. The van der Waals surface area contributed by atoms with Crippen molar-refractivity contribution in [1.82, 2.24) is 4.98 Å². The van der Waals surface area contributed by atoms with Crippen LogP contribution in [-0.2, 0) is 9.84 Å². The summed E-state index contributed by atoms with van der Waals surface area (Å²) in [5, 5.41) is 8.89. The van der Waals surface area contributed by atoms with Gasteiger partial charge in [0.2, 0.25) is 0 Å². The topological polar surface area (TPSA) is 84.3 Å². The predicted molar refractivity (Wildman–Crippen MR) is 69.7 cm³/mol. The van der Waals surface area contributed by atoms with Gasteiger partial charge < -0.3 is 5.11 Å². The first-order valence-electron chi connectivity index (χ1n) is 5.37. The van der Waals surface area contributed by atoms with Crippen molar-refractivity contribution in [3.8, 4) is 11.1 Å². The molecular formula is C13H11NO4S. The fourth-order valence-corrected chi connectivity index (χ4v) is 2.24. The maximum Gasteiger partial charge on any atom is 0.337 e. The van der Waals surface area contributed by atoms with Crippen LogP contribution in [0, 0.1) is 0 Å². The second-order valence-corrected chi connectivity index (χ2v) is 6.08. The zero-order chi connectivity index (χ0) is 14.0. The Hall–Kier alpha value is -2.21. The summed E-state index contributed by atoms with van der Waals surface area (Å²) in [7, 11) is -3.23. The van der Waals surface area contributed by atoms with Gasteiger partial charge in [-0.25, -0.2) is 13.2 Å². The van der Waals surface area contributed by atoms with Crippen LogP contribution >= 0.6 is 0 Å². The number of hydrogen-bond donors (Lipinski definition) is 1. The minimum Gasteiger partial charge on any atom is -0.478 e. The third kappa shape index (κ3) is 2.97. The Bertz CT molecular complexity index is 721. The standard InChI is InChI=1S/C13H11NO4S/c1-19(17,18)12-4-2-9(3-5-12)10-6-11(13(15)16)8-14-7-10/h2-8H,1H3,(H,15,16). The summed E-state index contributed by atoms with van der Waals surface area (Å²) in [5.74, 6) is -1.05. The molecule has 0 bridgehead atoms. The number of carboxylic acids is 1. The molecular weight excluding hydrogens is 266 g/mol. The highest BCUT2D eigenvalue weighted by molar-refractivity contribution is 7.90. The van der Waals surface area contributed by atoms with Gasteiger partial charge in [0.1, 0.15) is 0 Å². The Labute approximate surface area is 110 Å². The van der Waals surface area contributed by atoms with Crippen molar-refractivity contribution < 1.29 is 18.3 Å². The lowest BCUT2D eigenvalue weighted by atomic mass is 10.1. The molecule has 0 saturated heterocycles. The summed E-state index contributed by atoms with van der Waals surface area (Å²) in [6, 6.07) is 7.71. The van der Waals surface area contributed by atoms with E-state index in [4.69, 9.17) is 5.11 Å². The molecule has 1 N–H and O–H groups in total. The molecule has 0 aliphatic rings. The van der Waals surface area contributed by atoms with Crippen LogP contribution in [0.15, 0.2) is 47.6 Å². The quantitative estimate of drug-likeness (QED) is 0.925. The summed E-state index contributed by atoms with van der Waals surface area (Å²) in [6.45, 7) is 0. The first-order chi connectivity index (χ1) is 8.88. The van der Waals surface area contributed by atoms with Crippen molar-refractivity contribution >= 4 is 15.8 Å². The summed E-state index contributed by atoms with van der Waals surface area (Å²) in [4.78, 5) is 14.9. The summed E-state index contributed by atoms with van der Waals surface area (Å²) in [6.07, 6.45) is 3.92. The third-order valence-electron chi connectivity index (χ3n) is 2.60. The summed E-state index contributed by atoms with van der Waals surface area (Å²) >= 11 is 0. The fourth-order valence-electron chi connectivity index (χ4n) is 1.61. The van der Waals surface area contributed by atoms with Crippen LogP contribution in [0.1, 0.15) is 10.4 Å². The molecule has 0 fully saturated rings. The van der Waals surface area contributed by atoms with E-state index in [0.717, 1.165) is 6.26 Å². The lowest BCUT2D eigenvalue weighted by Gasteiger charge is -2.04. The molecule has 0 atom stereocenters. The zero-order valence-corrected chi connectivity index (χ0v) is 10.9. The summed E-state index contributed by atoms with van der Waals surface area (Å²) < 4.78 is 22.7. The van der Waals surface area contributed by atoms with Crippen LogP contribution in [0.3, 0.4) is 0 Å². The minimum absolute atomic E-state index is 0.0877. The number of hydrogen-bond acceptors (Lipinski definition) is 4. The second-order valence-electron chi connectivity index (χ2n) is 4.06. The second kappa shape index (κ2) is 4.81. The van der Waals surface area contributed by atoms with Gasteiger partial charge >= 0.3 is 5.97 Å². The van der Waals surface area contributed by atoms with E-state index >= 15 is 0 Å². The Balaban J connectivity index is 2.43. The summed E-state index contributed by atoms with van der Waals surface area (Å²) in [5.41, 5.74) is 1.42. The molecule has 6 heteroatoms. The number of nitrogens with zero attached hydrogens (tertiary/aromatic N) is 1. The Kier molecular flexibility index (Phi) is 3.35. The van der Waals surface area contributed by atoms with Crippen LogP contribution < -0.4 is 0 Å². The number of aromatic carboxylic acids is 1. The van der Waals surface area contributed by atoms with Crippen molar-refractivity contribution in [3.63, 3.8) is 0 Å². The predicted octanol–water partition coefficient (Wildman–Crippen LogP) is 1.85. The van der Waals surface area contributed by atoms with Crippen LogP contribution in [0.5, 0.6) is 0 Å². The lowest BCUT2D eigenvalue weighted by molar-refractivity contribution is 0.0696. The van der Waals surface area contributed by atoms with E-state index in [1.165, 1.54) is 30.6 Å². The highest BCUT2D eigenvalue weighted by atomic mass is 32.2. The van der Waals surface area contributed by atoms with Gasteiger partial charge in [0, 0.05) is 24.2 Å². The van der Waals surface area contributed by atoms with Gasteiger partial charge in [-0.2, -0.15) is 0 Å². The number of carboxylic acid groups (broad SMARTS) is 1. The van der Waals surface area contributed by atoms with Gasteiger partial charge in [0.25, 0.3) is 0 Å². The number of aromatic nitrogens is 1. The van der Waals surface area contributed by atoms with Crippen LogP contribution in [0.25, 0.3) is 11.1 Å². The first-order valence-corrected chi connectivity index (χ1v) is 7.26. The lowest BCUT2D eigenvalue weighted by Crippen LogP contribution is -1.98. The average Bonchev–Trinajstić information content (AvgIpc) is 2.38. The Morgan fingerprint density at radius 1 is 1.11 bits per heavy atom. The molecule has 98 valence electrons. The van der Waals surface area contributed by atoms with Gasteiger partial charge in [-0.3, -0.25) is 4.98 Å². The molecule has 1 aromatic heterocycles.